The Balaban J connectivity index is 2.51. The van der Waals surface area contributed by atoms with Crippen LogP contribution in [0, 0.1) is 0 Å². The Morgan fingerprint density at radius 3 is 2.54 bits per heavy atom. The van der Waals surface area contributed by atoms with E-state index in [4.69, 9.17) is 17.0 Å². The lowest BCUT2D eigenvalue weighted by Crippen LogP contribution is -2.48. The summed E-state index contributed by atoms with van der Waals surface area (Å²) < 4.78 is 45.4. The zero-order valence-electron chi connectivity index (χ0n) is 16.3. The third-order valence-corrected chi connectivity index (χ3v) is 4.90. The van der Waals surface area contributed by atoms with E-state index in [9.17, 15) is 18.0 Å². The Morgan fingerprint density at radius 2 is 1.96 bits per heavy atom. The van der Waals surface area contributed by atoms with Crippen LogP contribution in [0.2, 0.25) is 0 Å². The van der Waals surface area contributed by atoms with Crippen LogP contribution in [0.3, 0.4) is 0 Å². The molecule has 0 fully saturated rings. The molecule has 0 radical (unpaired) electrons. The summed E-state index contributed by atoms with van der Waals surface area (Å²) in [4.78, 5) is 16.2. The van der Waals surface area contributed by atoms with Crippen molar-refractivity contribution in [3.8, 4) is 0 Å². The number of hydrogen-bond donors (Lipinski definition) is 1. The molecule has 2 rings (SSSR count). The number of esters is 1. The molecule has 1 aromatic carbocycles. The summed E-state index contributed by atoms with van der Waals surface area (Å²) in [5.74, 6) is -0.688. The molecule has 154 valence electrons. The van der Waals surface area contributed by atoms with Gasteiger partial charge >= 0.3 is 12.1 Å². The van der Waals surface area contributed by atoms with Crippen molar-refractivity contribution >= 4 is 23.3 Å². The van der Waals surface area contributed by atoms with Gasteiger partial charge in [-0.2, -0.15) is 13.2 Å². The molecule has 0 aliphatic carbocycles. The lowest BCUT2D eigenvalue weighted by Gasteiger charge is -2.38. The lowest BCUT2D eigenvalue weighted by atomic mass is 9.91. The SMILES string of the molecule is COC(=O)C1=C(C)N(CCCN(C)C)C(=S)N[C@@H]1c1ccccc1C(F)(F)F. The first-order chi connectivity index (χ1) is 13.1. The van der Waals surface area contributed by atoms with Crippen molar-refractivity contribution in [3.63, 3.8) is 0 Å². The summed E-state index contributed by atoms with van der Waals surface area (Å²) in [6.45, 7) is 3.02. The number of carbonyl (C=O) groups is 1. The Kier molecular flexibility index (Phi) is 7.06. The molecule has 0 saturated carbocycles. The normalized spacial score (nSPS) is 17.8. The first-order valence-electron chi connectivity index (χ1n) is 8.76. The summed E-state index contributed by atoms with van der Waals surface area (Å²) in [6.07, 6.45) is -3.79. The van der Waals surface area contributed by atoms with E-state index in [2.05, 4.69) is 5.32 Å². The van der Waals surface area contributed by atoms with E-state index in [1.807, 2.05) is 19.0 Å². The highest BCUT2D eigenvalue weighted by Crippen LogP contribution is 2.39. The maximum atomic E-state index is 13.5. The van der Waals surface area contributed by atoms with E-state index >= 15 is 0 Å². The average Bonchev–Trinajstić information content (AvgIpc) is 2.62. The molecule has 1 aliphatic rings. The molecular formula is C19H24F3N3O2S. The number of rotatable bonds is 6. The van der Waals surface area contributed by atoms with E-state index in [0.29, 0.717) is 12.2 Å². The Bertz CT molecular complexity index is 778. The van der Waals surface area contributed by atoms with Gasteiger partial charge in [0.2, 0.25) is 0 Å². The third-order valence-electron chi connectivity index (χ3n) is 4.57. The van der Waals surface area contributed by atoms with E-state index in [1.54, 1.807) is 11.8 Å². The van der Waals surface area contributed by atoms with Gasteiger partial charge in [-0.1, -0.05) is 18.2 Å². The first-order valence-corrected chi connectivity index (χ1v) is 9.16. The molecule has 9 heteroatoms. The van der Waals surface area contributed by atoms with Crippen LogP contribution in [-0.2, 0) is 15.7 Å². The predicted molar refractivity (Wildman–Crippen MR) is 105 cm³/mol. The second-order valence-corrected chi connectivity index (χ2v) is 7.15. The van der Waals surface area contributed by atoms with Crippen molar-refractivity contribution in [2.24, 2.45) is 0 Å². The zero-order chi connectivity index (χ0) is 21.1. The van der Waals surface area contributed by atoms with Gasteiger partial charge < -0.3 is 19.9 Å². The highest BCUT2D eigenvalue weighted by Gasteiger charge is 2.40. The molecule has 0 unspecified atom stereocenters. The number of hydrogen-bond acceptors (Lipinski definition) is 4. The van der Waals surface area contributed by atoms with E-state index in [-0.39, 0.29) is 16.2 Å². The summed E-state index contributed by atoms with van der Waals surface area (Å²) >= 11 is 5.41. The molecule has 0 aromatic heterocycles. The number of methoxy groups -OCH3 is 1. The summed E-state index contributed by atoms with van der Waals surface area (Å²) in [5.41, 5.74) is -0.260. The van der Waals surface area contributed by atoms with Gasteiger partial charge in [-0.15, -0.1) is 0 Å². The van der Waals surface area contributed by atoms with Crippen LogP contribution in [0.15, 0.2) is 35.5 Å². The second-order valence-electron chi connectivity index (χ2n) is 6.77. The van der Waals surface area contributed by atoms with Gasteiger partial charge in [0.05, 0.1) is 24.3 Å². The highest BCUT2D eigenvalue weighted by molar-refractivity contribution is 7.80. The number of alkyl halides is 3. The van der Waals surface area contributed by atoms with Crippen LogP contribution < -0.4 is 5.32 Å². The molecule has 0 bridgehead atoms. The molecular weight excluding hydrogens is 391 g/mol. The van der Waals surface area contributed by atoms with Gasteiger partial charge in [0.25, 0.3) is 0 Å². The van der Waals surface area contributed by atoms with Crippen molar-refractivity contribution in [3.05, 3.63) is 46.7 Å². The average molecular weight is 415 g/mol. The minimum absolute atomic E-state index is 0.0648. The van der Waals surface area contributed by atoms with Crippen LogP contribution in [0.1, 0.15) is 30.5 Å². The number of nitrogens with zero attached hydrogens (tertiary/aromatic N) is 2. The number of benzene rings is 1. The number of ether oxygens (including phenoxy) is 1. The maximum Gasteiger partial charge on any atom is 0.416 e. The van der Waals surface area contributed by atoms with Crippen molar-refractivity contribution in [2.45, 2.75) is 25.6 Å². The molecule has 0 spiro atoms. The molecule has 1 aliphatic heterocycles. The van der Waals surface area contributed by atoms with Crippen LogP contribution in [0.5, 0.6) is 0 Å². The Morgan fingerprint density at radius 1 is 1.32 bits per heavy atom. The lowest BCUT2D eigenvalue weighted by molar-refractivity contribution is -0.139. The number of thiocarbonyl (C=S) groups is 1. The fraction of sp³-hybridized carbons (Fsp3) is 0.474. The molecule has 28 heavy (non-hydrogen) atoms. The van der Waals surface area contributed by atoms with Crippen molar-refractivity contribution in [2.75, 3.05) is 34.3 Å². The largest absolute Gasteiger partial charge is 0.466 e. The predicted octanol–water partition coefficient (Wildman–Crippen LogP) is 3.34. The first kappa shape index (κ1) is 22.2. The van der Waals surface area contributed by atoms with Crippen LogP contribution in [0.4, 0.5) is 13.2 Å². The number of allylic oxidation sites excluding steroid dienone is 1. The standard InChI is InChI=1S/C19H24F3N3O2S/c1-12-15(17(26)27-4)16(13-8-5-6-9-14(13)19(20,21)22)23-18(28)25(12)11-7-10-24(2)3/h5-6,8-9,16H,7,10-11H2,1-4H3,(H,23,28)/t16-/m1/s1. The Hall–Kier alpha value is -2.13. The van der Waals surface area contributed by atoms with Gasteiger partial charge in [-0.05, 0) is 57.8 Å². The van der Waals surface area contributed by atoms with Crippen LogP contribution >= 0.6 is 12.2 Å². The zero-order valence-corrected chi connectivity index (χ0v) is 17.1. The van der Waals surface area contributed by atoms with Crippen LogP contribution in [-0.4, -0.2) is 55.2 Å². The molecule has 5 nitrogen and oxygen atoms in total. The minimum atomic E-state index is -4.56. The van der Waals surface area contributed by atoms with Gasteiger partial charge in [0.1, 0.15) is 0 Å². The molecule has 1 N–H and O–H groups in total. The number of nitrogens with one attached hydrogen (secondary N) is 1. The van der Waals surface area contributed by atoms with Gasteiger partial charge in [-0.3, -0.25) is 0 Å². The number of carbonyl (C=O) groups excluding carboxylic acids is 1. The van der Waals surface area contributed by atoms with Crippen molar-refractivity contribution in [1.29, 1.82) is 0 Å². The van der Waals surface area contributed by atoms with Crippen LogP contribution in [0.25, 0.3) is 0 Å². The smallest absolute Gasteiger partial charge is 0.416 e. The quantitative estimate of drug-likeness (QED) is 0.568. The van der Waals surface area contributed by atoms with E-state index < -0.39 is 23.8 Å². The highest BCUT2D eigenvalue weighted by atomic mass is 32.1. The van der Waals surface area contributed by atoms with Gasteiger partial charge in [0.15, 0.2) is 5.11 Å². The fourth-order valence-corrected chi connectivity index (χ4v) is 3.56. The second kappa shape index (κ2) is 8.91. The third kappa shape index (κ3) is 4.82. The molecule has 1 atom stereocenters. The monoisotopic (exact) mass is 415 g/mol. The van der Waals surface area contributed by atoms with Gasteiger partial charge in [0, 0.05) is 12.2 Å². The van der Waals surface area contributed by atoms with Crippen molar-refractivity contribution in [1.82, 2.24) is 15.1 Å². The molecule has 0 amide bonds. The van der Waals surface area contributed by atoms with E-state index in [1.165, 1.54) is 25.3 Å². The fourth-order valence-electron chi connectivity index (χ4n) is 3.21. The molecule has 1 aromatic rings. The topological polar surface area (TPSA) is 44.8 Å². The summed E-state index contributed by atoms with van der Waals surface area (Å²) in [7, 11) is 5.09. The minimum Gasteiger partial charge on any atom is -0.466 e. The number of halogens is 3. The summed E-state index contributed by atoms with van der Waals surface area (Å²) in [6, 6.07) is 4.12. The summed E-state index contributed by atoms with van der Waals surface area (Å²) in [5, 5.41) is 3.20. The van der Waals surface area contributed by atoms with Crippen molar-refractivity contribution < 1.29 is 22.7 Å². The Labute approximate surface area is 168 Å². The van der Waals surface area contributed by atoms with E-state index in [0.717, 1.165) is 19.0 Å². The molecule has 1 heterocycles. The van der Waals surface area contributed by atoms with Gasteiger partial charge in [-0.25, -0.2) is 4.79 Å². The molecule has 0 saturated heterocycles. The maximum absolute atomic E-state index is 13.5.